The number of aryl methyl sites for hydroxylation is 2. The van der Waals surface area contributed by atoms with E-state index in [0.29, 0.717) is 5.92 Å². The molecule has 1 aliphatic rings. The van der Waals surface area contributed by atoms with Gasteiger partial charge in [-0.15, -0.1) is 24.0 Å². The monoisotopic (exact) mass is 434 g/mol. The van der Waals surface area contributed by atoms with Gasteiger partial charge in [0.2, 0.25) is 0 Å². The number of piperidine rings is 1. The SMILES string of the molecule is CCNC(=NCC(C)c1c(C)noc1C)N1CCCC(C)C1.I. The molecule has 0 spiro atoms. The highest BCUT2D eigenvalue weighted by Gasteiger charge is 2.20. The molecule has 1 aliphatic heterocycles. The maximum Gasteiger partial charge on any atom is 0.193 e. The van der Waals surface area contributed by atoms with Gasteiger partial charge in [0.15, 0.2) is 5.96 Å². The van der Waals surface area contributed by atoms with Crippen molar-refractivity contribution in [1.29, 1.82) is 0 Å². The van der Waals surface area contributed by atoms with Crippen LogP contribution in [0.15, 0.2) is 9.52 Å². The normalized spacial score (nSPS) is 20.1. The van der Waals surface area contributed by atoms with E-state index in [1.54, 1.807) is 0 Å². The van der Waals surface area contributed by atoms with Crippen molar-refractivity contribution in [2.75, 3.05) is 26.2 Å². The number of rotatable bonds is 4. The van der Waals surface area contributed by atoms with Gasteiger partial charge in [-0.25, -0.2) is 0 Å². The minimum Gasteiger partial charge on any atom is -0.361 e. The predicted octanol–water partition coefficient (Wildman–Crippen LogP) is 3.71. The summed E-state index contributed by atoms with van der Waals surface area (Å²) in [4.78, 5) is 7.27. The number of aliphatic imine (C=N–C) groups is 1. The number of nitrogens with zero attached hydrogens (tertiary/aromatic N) is 3. The van der Waals surface area contributed by atoms with Crippen molar-refractivity contribution in [3.05, 3.63) is 17.0 Å². The average molecular weight is 434 g/mol. The lowest BCUT2D eigenvalue weighted by Crippen LogP contribution is -2.46. The second-order valence-corrected chi connectivity index (χ2v) is 6.53. The van der Waals surface area contributed by atoms with Gasteiger partial charge in [-0.1, -0.05) is 19.0 Å². The van der Waals surface area contributed by atoms with Crippen molar-refractivity contribution in [1.82, 2.24) is 15.4 Å². The quantitative estimate of drug-likeness (QED) is 0.446. The Hall–Kier alpha value is -0.790. The number of aromatic nitrogens is 1. The number of likely N-dealkylation sites (tertiary alicyclic amines) is 1. The summed E-state index contributed by atoms with van der Waals surface area (Å²) >= 11 is 0. The number of guanidine groups is 1. The Balaban J connectivity index is 0.00000264. The Morgan fingerprint density at radius 3 is 2.78 bits per heavy atom. The molecule has 2 atom stereocenters. The van der Waals surface area contributed by atoms with Gasteiger partial charge in [0.25, 0.3) is 0 Å². The topological polar surface area (TPSA) is 53.7 Å². The average Bonchev–Trinajstić information content (AvgIpc) is 2.82. The predicted molar refractivity (Wildman–Crippen MR) is 106 cm³/mol. The first-order valence-electron chi connectivity index (χ1n) is 8.48. The molecule has 6 heteroatoms. The van der Waals surface area contributed by atoms with Gasteiger partial charge >= 0.3 is 0 Å². The molecule has 2 rings (SSSR count). The Bertz CT molecular complexity index is 495. The molecular weight excluding hydrogens is 403 g/mol. The smallest absolute Gasteiger partial charge is 0.193 e. The zero-order valence-corrected chi connectivity index (χ0v) is 17.4. The van der Waals surface area contributed by atoms with E-state index in [0.717, 1.165) is 49.5 Å². The van der Waals surface area contributed by atoms with Crippen LogP contribution in [0, 0.1) is 19.8 Å². The van der Waals surface area contributed by atoms with E-state index >= 15 is 0 Å². The molecule has 0 saturated carbocycles. The second-order valence-electron chi connectivity index (χ2n) is 6.53. The summed E-state index contributed by atoms with van der Waals surface area (Å²) in [6.45, 7) is 14.5. The van der Waals surface area contributed by atoms with Crippen LogP contribution in [0.4, 0.5) is 0 Å². The molecule has 1 aromatic heterocycles. The van der Waals surface area contributed by atoms with Crippen molar-refractivity contribution in [3.8, 4) is 0 Å². The van der Waals surface area contributed by atoms with Crippen LogP contribution >= 0.6 is 24.0 Å². The van der Waals surface area contributed by atoms with E-state index in [9.17, 15) is 0 Å². The van der Waals surface area contributed by atoms with Crippen LogP contribution in [0.3, 0.4) is 0 Å². The molecule has 0 aliphatic carbocycles. The van der Waals surface area contributed by atoms with Gasteiger partial charge in [-0.05, 0) is 39.5 Å². The number of nitrogens with one attached hydrogen (secondary N) is 1. The molecule has 0 radical (unpaired) electrons. The third-order valence-corrected chi connectivity index (χ3v) is 4.39. The molecule has 0 aromatic carbocycles. The Morgan fingerprint density at radius 1 is 1.48 bits per heavy atom. The molecule has 5 nitrogen and oxygen atoms in total. The zero-order chi connectivity index (χ0) is 16.1. The van der Waals surface area contributed by atoms with Gasteiger partial charge in [-0.3, -0.25) is 4.99 Å². The van der Waals surface area contributed by atoms with Crippen molar-refractivity contribution >= 4 is 29.9 Å². The van der Waals surface area contributed by atoms with Crippen LogP contribution in [-0.4, -0.2) is 42.2 Å². The highest BCUT2D eigenvalue weighted by molar-refractivity contribution is 14.0. The van der Waals surface area contributed by atoms with Crippen molar-refractivity contribution in [3.63, 3.8) is 0 Å². The van der Waals surface area contributed by atoms with E-state index in [1.165, 1.54) is 18.4 Å². The minimum atomic E-state index is 0. The van der Waals surface area contributed by atoms with Gasteiger partial charge in [0, 0.05) is 37.7 Å². The molecule has 1 saturated heterocycles. The minimum absolute atomic E-state index is 0. The first-order valence-corrected chi connectivity index (χ1v) is 8.48. The zero-order valence-electron chi connectivity index (χ0n) is 15.1. The molecule has 2 heterocycles. The second kappa shape index (κ2) is 9.49. The van der Waals surface area contributed by atoms with Crippen LogP contribution < -0.4 is 5.32 Å². The summed E-state index contributed by atoms with van der Waals surface area (Å²) in [5.74, 6) is 3.03. The molecule has 1 aromatic rings. The lowest BCUT2D eigenvalue weighted by Gasteiger charge is -2.33. The maximum atomic E-state index is 5.28. The first-order chi connectivity index (χ1) is 10.5. The third-order valence-electron chi connectivity index (χ3n) is 4.39. The fourth-order valence-electron chi connectivity index (χ4n) is 3.32. The lowest BCUT2D eigenvalue weighted by atomic mass is 9.99. The highest BCUT2D eigenvalue weighted by atomic mass is 127. The van der Waals surface area contributed by atoms with E-state index in [-0.39, 0.29) is 24.0 Å². The molecule has 132 valence electrons. The molecule has 2 unspecified atom stereocenters. The summed E-state index contributed by atoms with van der Waals surface area (Å²) in [6.07, 6.45) is 2.58. The largest absolute Gasteiger partial charge is 0.361 e. The maximum absolute atomic E-state index is 5.28. The van der Waals surface area contributed by atoms with E-state index in [1.807, 2.05) is 13.8 Å². The van der Waals surface area contributed by atoms with Crippen molar-refractivity contribution < 1.29 is 4.52 Å². The molecule has 1 N–H and O–H groups in total. The molecule has 23 heavy (non-hydrogen) atoms. The van der Waals surface area contributed by atoms with Crippen LogP contribution in [0.5, 0.6) is 0 Å². The van der Waals surface area contributed by atoms with Gasteiger partial charge in [0.05, 0.1) is 5.69 Å². The van der Waals surface area contributed by atoms with Gasteiger partial charge in [0.1, 0.15) is 5.76 Å². The van der Waals surface area contributed by atoms with E-state index in [4.69, 9.17) is 9.52 Å². The highest BCUT2D eigenvalue weighted by Crippen LogP contribution is 2.23. The van der Waals surface area contributed by atoms with Gasteiger partial charge in [-0.2, -0.15) is 0 Å². The summed E-state index contributed by atoms with van der Waals surface area (Å²) in [5, 5.41) is 7.49. The number of hydrogen-bond acceptors (Lipinski definition) is 3. The standard InChI is InChI=1S/C17H30N4O.HI/c1-6-18-17(21-9-7-8-12(2)11-21)19-10-13(3)16-14(4)20-22-15(16)5;/h12-13H,6-11H2,1-5H3,(H,18,19);1H. The molecule has 0 amide bonds. The summed E-state index contributed by atoms with van der Waals surface area (Å²) in [5.41, 5.74) is 2.18. The van der Waals surface area contributed by atoms with Crippen molar-refractivity contribution in [2.45, 2.75) is 53.4 Å². The summed E-state index contributed by atoms with van der Waals surface area (Å²) < 4.78 is 5.28. The lowest BCUT2D eigenvalue weighted by molar-refractivity contribution is 0.266. The molecular formula is C17H31IN4O. The van der Waals surface area contributed by atoms with E-state index in [2.05, 4.69) is 36.1 Å². The van der Waals surface area contributed by atoms with Crippen LogP contribution in [0.1, 0.15) is 56.5 Å². The van der Waals surface area contributed by atoms with Crippen LogP contribution in [-0.2, 0) is 0 Å². The fraction of sp³-hybridized carbons (Fsp3) is 0.765. The molecule has 1 fully saturated rings. The summed E-state index contributed by atoms with van der Waals surface area (Å²) in [6, 6.07) is 0. The van der Waals surface area contributed by atoms with Crippen molar-refractivity contribution in [2.24, 2.45) is 10.9 Å². The Labute approximate surface area is 157 Å². The number of hydrogen-bond donors (Lipinski definition) is 1. The van der Waals surface area contributed by atoms with Crippen LogP contribution in [0.2, 0.25) is 0 Å². The first kappa shape index (κ1) is 20.3. The van der Waals surface area contributed by atoms with E-state index < -0.39 is 0 Å². The molecule has 0 bridgehead atoms. The third kappa shape index (κ3) is 5.36. The van der Waals surface area contributed by atoms with Gasteiger partial charge < -0.3 is 14.7 Å². The number of halogens is 1. The summed E-state index contributed by atoms with van der Waals surface area (Å²) in [7, 11) is 0. The Morgan fingerprint density at radius 2 is 2.22 bits per heavy atom. The van der Waals surface area contributed by atoms with Crippen LogP contribution in [0.25, 0.3) is 0 Å². The fourth-order valence-corrected chi connectivity index (χ4v) is 3.32. The Kier molecular flexibility index (Phi) is 8.36.